The van der Waals surface area contributed by atoms with Crippen LogP contribution in [-0.2, 0) is 4.79 Å². The molecule has 1 aliphatic rings. The minimum absolute atomic E-state index is 0.0895. The minimum Gasteiger partial charge on any atom is -0.481 e. The maximum Gasteiger partial charge on any atom is 0.261 e. The van der Waals surface area contributed by atoms with Crippen LogP contribution in [0.15, 0.2) is 48.5 Å². The minimum atomic E-state index is -0.601. The first-order valence-electron chi connectivity index (χ1n) is 10.00. The number of hydrogen-bond acceptors (Lipinski definition) is 3. The van der Waals surface area contributed by atoms with E-state index in [0.717, 1.165) is 24.6 Å². The Bertz CT molecular complexity index is 785. The van der Waals surface area contributed by atoms with Crippen molar-refractivity contribution in [3.05, 3.63) is 59.1 Å². The van der Waals surface area contributed by atoms with Crippen molar-refractivity contribution in [3.8, 4) is 5.75 Å². The highest BCUT2D eigenvalue weighted by molar-refractivity contribution is 6.30. The van der Waals surface area contributed by atoms with E-state index in [9.17, 15) is 4.79 Å². The Hall–Kier alpha value is -2.20. The lowest BCUT2D eigenvalue weighted by atomic mass is 9.98. The predicted molar refractivity (Wildman–Crippen MR) is 115 cm³/mol. The van der Waals surface area contributed by atoms with Crippen molar-refractivity contribution in [1.29, 1.82) is 0 Å². The fourth-order valence-corrected chi connectivity index (χ4v) is 3.63. The standard InChI is InChI=1S/C23H29ClN2O2/c1-16-11-13-26(14-12-16)21-9-7-19(8-10-21)17(2)25-23(27)18(3)28-22-6-4-5-20(24)15-22/h4-10,15-18H,11-14H2,1-3H3,(H,25,27). The number of piperidine rings is 1. The average molecular weight is 401 g/mol. The van der Waals surface area contributed by atoms with E-state index < -0.39 is 6.10 Å². The van der Waals surface area contributed by atoms with E-state index in [1.54, 1.807) is 31.2 Å². The number of carbonyl (C=O) groups excluding carboxylic acids is 1. The summed E-state index contributed by atoms with van der Waals surface area (Å²) in [5, 5.41) is 3.61. The molecule has 2 unspecified atom stereocenters. The zero-order valence-corrected chi connectivity index (χ0v) is 17.6. The van der Waals surface area contributed by atoms with Crippen LogP contribution in [0.5, 0.6) is 5.75 Å². The van der Waals surface area contributed by atoms with Gasteiger partial charge in [-0.2, -0.15) is 0 Å². The first-order valence-corrected chi connectivity index (χ1v) is 10.4. The number of ether oxygens (including phenoxy) is 1. The molecule has 1 N–H and O–H groups in total. The largest absolute Gasteiger partial charge is 0.481 e. The summed E-state index contributed by atoms with van der Waals surface area (Å²) in [6.07, 6.45) is 1.90. The maximum absolute atomic E-state index is 12.5. The molecule has 5 heteroatoms. The normalized spacial score (nSPS) is 17.1. The van der Waals surface area contributed by atoms with Gasteiger partial charge in [0.1, 0.15) is 5.75 Å². The van der Waals surface area contributed by atoms with Crippen LogP contribution < -0.4 is 15.0 Å². The molecule has 150 valence electrons. The van der Waals surface area contributed by atoms with Gasteiger partial charge in [0.2, 0.25) is 0 Å². The molecule has 1 saturated heterocycles. The third-order valence-corrected chi connectivity index (χ3v) is 5.61. The molecule has 1 aliphatic heterocycles. The first-order chi connectivity index (χ1) is 13.4. The fourth-order valence-electron chi connectivity index (χ4n) is 3.45. The number of hydrogen-bond donors (Lipinski definition) is 1. The van der Waals surface area contributed by atoms with E-state index >= 15 is 0 Å². The molecule has 0 saturated carbocycles. The Balaban J connectivity index is 1.54. The second-order valence-electron chi connectivity index (χ2n) is 7.71. The summed E-state index contributed by atoms with van der Waals surface area (Å²) in [6.45, 7) is 8.28. The Morgan fingerprint density at radius 1 is 1.14 bits per heavy atom. The van der Waals surface area contributed by atoms with Crippen molar-refractivity contribution in [2.24, 2.45) is 5.92 Å². The molecule has 0 spiro atoms. The molecule has 4 nitrogen and oxygen atoms in total. The van der Waals surface area contributed by atoms with Crippen LogP contribution >= 0.6 is 11.6 Å². The van der Waals surface area contributed by atoms with Gasteiger partial charge >= 0.3 is 0 Å². The van der Waals surface area contributed by atoms with Crippen molar-refractivity contribution in [2.75, 3.05) is 18.0 Å². The quantitative estimate of drug-likeness (QED) is 0.722. The summed E-state index contributed by atoms with van der Waals surface area (Å²) in [6, 6.07) is 15.5. The van der Waals surface area contributed by atoms with Gasteiger partial charge in [0, 0.05) is 23.8 Å². The van der Waals surface area contributed by atoms with Crippen LogP contribution in [0.25, 0.3) is 0 Å². The summed E-state index contributed by atoms with van der Waals surface area (Å²) >= 11 is 5.96. The molecule has 1 heterocycles. The summed E-state index contributed by atoms with van der Waals surface area (Å²) in [5.41, 5.74) is 2.34. The second kappa shape index (κ2) is 9.33. The molecule has 0 aromatic heterocycles. The number of anilines is 1. The van der Waals surface area contributed by atoms with Gasteiger partial charge in [-0.15, -0.1) is 0 Å². The molecule has 1 fully saturated rings. The van der Waals surface area contributed by atoms with Crippen LogP contribution in [-0.4, -0.2) is 25.1 Å². The Morgan fingerprint density at radius 3 is 2.46 bits per heavy atom. The summed E-state index contributed by atoms with van der Waals surface area (Å²) in [7, 11) is 0. The number of rotatable bonds is 6. The Kier molecular flexibility index (Phi) is 6.84. The molecule has 28 heavy (non-hydrogen) atoms. The fraction of sp³-hybridized carbons (Fsp3) is 0.435. The molecule has 0 radical (unpaired) electrons. The number of nitrogens with one attached hydrogen (secondary N) is 1. The number of halogens is 1. The van der Waals surface area contributed by atoms with E-state index in [0.29, 0.717) is 10.8 Å². The lowest BCUT2D eigenvalue weighted by molar-refractivity contribution is -0.127. The molecule has 2 atom stereocenters. The van der Waals surface area contributed by atoms with E-state index in [2.05, 4.69) is 41.4 Å². The van der Waals surface area contributed by atoms with Crippen LogP contribution in [0.3, 0.4) is 0 Å². The van der Waals surface area contributed by atoms with Crippen molar-refractivity contribution >= 4 is 23.2 Å². The van der Waals surface area contributed by atoms with E-state index in [1.807, 2.05) is 6.92 Å². The Morgan fingerprint density at radius 2 is 1.82 bits per heavy atom. The van der Waals surface area contributed by atoms with Gasteiger partial charge in [-0.3, -0.25) is 4.79 Å². The third kappa shape index (κ3) is 5.41. The van der Waals surface area contributed by atoms with Gasteiger partial charge < -0.3 is 15.0 Å². The molecule has 0 aliphatic carbocycles. The van der Waals surface area contributed by atoms with Crippen LogP contribution in [0.2, 0.25) is 5.02 Å². The number of benzene rings is 2. The van der Waals surface area contributed by atoms with E-state index in [4.69, 9.17) is 16.3 Å². The smallest absolute Gasteiger partial charge is 0.261 e. The highest BCUT2D eigenvalue weighted by Gasteiger charge is 2.19. The van der Waals surface area contributed by atoms with E-state index in [1.165, 1.54) is 18.5 Å². The lowest BCUT2D eigenvalue weighted by Crippen LogP contribution is -2.37. The highest BCUT2D eigenvalue weighted by atomic mass is 35.5. The van der Waals surface area contributed by atoms with Gasteiger partial charge in [0.25, 0.3) is 5.91 Å². The molecule has 2 aromatic rings. The second-order valence-corrected chi connectivity index (χ2v) is 8.15. The van der Waals surface area contributed by atoms with Crippen LogP contribution in [0, 0.1) is 5.92 Å². The van der Waals surface area contributed by atoms with Crippen molar-refractivity contribution in [2.45, 2.75) is 45.8 Å². The van der Waals surface area contributed by atoms with Crippen molar-refractivity contribution < 1.29 is 9.53 Å². The van der Waals surface area contributed by atoms with Crippen molar-refractivity contribution in [3.63, 3.8) is 0 Å². The molecule has 1 amide bonds. The van der Waals surface area contributed by atoms with Gasteiger partial charge in [0.05, 0.1) is 6.04 Å². The molecule has 3 rings (SSSR count). The highest BCUT2D eigenvalue weighted by Crippen LogP contribution is 2.25. The average Bonchev–Trinajstić information content (AvgIpc) is 2.68. The predicted octanol–water partition coefficient (Wildman–Crippen LogP) is 5.22. The van der Waals surface area contributed by atoms with Gasteiger partial charge in [-0.1, -0.05) is 36.7 Å². The zero-order valence-electron chi connectivity index (χ0n) is 16.8. The maximum atomic E-state index is 12.5. The first kappa shape index (κ1) is 20.5. The zero-order chi connectivity index (χ0) is 20.1. The molecule has 0 bridgehead atoms. The topological polar surface area (TPSA) is 41.6 Å². The van der Waals surface area contributed by atoms with Gasteiger partial charge in [0.15, 0.2) is 6.10 Å². The summed E-state index contributed by atoms with van der Waals surface area (Å²) < 4.78 is 5.70. The van der Waals surface area contributed by atoms with Crippen LogP contribution in [0.4, 0.5) is 5.69 Å². The van der Waals surface area contributed by atoms with Gasteiger partial charge in [-0.25, -0.2) is 0 Å². The van der Waals surface area contributed by atoms with E-state index in [-0.39, 0.29) is 11.9 Å². The third-order valence-electron chi connectivity index (χ3n) is 5.38. The number of nitrogens with zero attached hydrogens (tertiary/aromatic N) is 1. The molecule has 2 aromatic carbocycles. The van der Waals surface area contributed by atoms with Crippen molar-refractivity contribution in [1.82, 2.24) is 5.32 Å². The SMILES string of the molecule is CC1CCN(c2ccc(C(C)NC(=O)C(C)Oc3cccc(Cl)c3)cc2)CC1. The number of carbonyl (C=O) groups is 1. The summed E-state index contributed by atoms with van der Waals surface area (Å²) in [4.78, 5) is 14.9. The van der Waals surface area contributed by atoms with Gasteiger partial charge in [-0.05, 0) is 68.5 Å². The van der Waals surface area contributed by atoms with Crippen LogP contribution in [0.1, 0.15) is 45.2 Å². The monoisotopic (exact) mass is 400 g/mol. The lowest BCUT2D eigenvalue weighted by Gasteiger charge is -2.32. The summed E-state index contributed by atoms with van der Waals surface area (Å²) in [5.74, 6) is 1.26. The molecular formula is C23H29ClN2O2. The number of amides is 1. The molecular weight excluding hydrogens is 372 g/mol. The Labute approximate surface area is 172 Å².